The molecule has 5 rings (SSSR count). The van der Waals surface area contributed by atoms with Crippen LogP contribution in [0.3, 0.4) is 0 Å². The van der Waals surface area contributed by atoms with E-state index in [1.54, 1.807) is 18.3 Å². The van der Waals surface area contributed by atoms with E-state index < -0.39 is 0 Å². The van der Waals surface area contributed by atoms with E-state index >= 15 is 0 Å². The molecule has 0 amide bonds. The Bertz CT molecular complexity index is 1370. The standard InChI is InChI=1S/C22H15N5O2/c1-14-9-11-15(12-10-14)27-22(28)17-7-3-2-6-16(17)19(25-27)21-24-20(26-29-21)18-8-4-5-13-23-18/h2-13H,1H3. The Morgan fingerprint density at radius 2 is 1.66 bits per heavy atom. The van der Waals surface area contributed by atoms with E-state index in [1.807, 2.05) is 61.5 Å². The Balaban J connectivity index is 1.74. The van der Waals surface area contributed by atoms with Crippen molar-refractivity contribution < 1.29 is 4.52 Å². The van der Waals surface area contributed by atoms with Gasteiger partial charge in [0, 0.05) is 11.6 Å². The smallest absolute Gasteiger partial charge is 0.279 e. The maximum Gasteiger partial charge on any atom is 0.279 e. The summed E-state index contributed by atoms with van der Waals surface area (Å²) < 4.78 is 6.85. The number of hydrogen-bond acceptors (Lipinski definition) is 6. The number of nitrogens with zero attached hydrogens (tertiary/aromatic N) is 5. The summed E-state index contributed by atoms with van der Waals surface area (Å²) in [6, 6.07) is 20.3. The topological polar surface area (TPSA) is 86.7 Å². The highest BCUT2D eigenvalue weighted by Gasteiger charge is 2.19. The molecule has 29 heavy (non-hydrogen) atoms. The molecule has 0 saturated heterocycles. The minimum absolute atomic E-state index is 0.210. The van der Waals surface area contributed by atoms with Gasteiger partial charge in [-0.05, 0) is 37.3 Å². The lowest BCUT2D eigenvalue weighted by Gasteiger charge is -2.09. The zero-order valence-electron chi connectivity index (χ0n) is 15.5. The van der Waals surface area contributed by atoms with Crippen LogP contribution in [0.5, 0.6) is 0 Å². The van der Waals surface area contributed by atoms with E-state index in [4.69, 9.17) is 4.52 Å². The molecule has 5 aromatic rings. The molecule has 0 bridgehead atoms. The molecule has 0 N–H and O–H groups in total. The van der Waals surface area contributed by atoms with Crippen LogP contribution >= 0.6 is 0 Å². The summed E-state index contributed by atoms with van der Waals surface area (Å²) in [7, 11) is 0. The van der Waals surface area contributed by atoms with Gasteiger partial charge in [0.2, 0.25) is 5.82 Å². The highest BCUT2D eigenvalue weighted by atomic mass is 16.5. The summed E-state index contributed by atoms with van der Waals surface area (Å²) >= 11 is 0. The summed E-state index contributed by atoms with van der Waals surface area (Å²) in [6.45, 7) is 1.99. The first kappa shape index (κ1) is 17.0. The van der Waals surface area contributed by atoms with Gasteiger partial charge in [-0.3, -0.25) is 9.78 Å². The lowest BCUT2D eigenvalue weighted by Crippen LogP contribution is -2.22. The van der Waals surface area contributed by atoms with Crippen LogP contribution in [0.15, 0.2) is 82.2 Å². The van der Waals surface area contributed by atoms with Gasteiger partial charge < -0.3 is 4.52 Å². The number of fused-ring (bicyclic) bond motifs is 1. The molecular weight excluding hydrogens is 366 g/mol. The first-order valence-corrected chi connectivity index (χ1v) is 9.05. The van der Waals surface area contributed by atoms with E-state index in [1.165, 1.54) is 4.68 Å². The largest absolute Gasteiger partial charge is 0.332 e. The third kappa shape index (κ3) is 2.98. The number of aromatic nitrogens is 5. The average molecular weight is 381 g/mol. The van der Waals surface area contributed by atoms with E-state index in [2.05, 4.69) is 20.2 Å². The summed E-state index contributed by atoms with van der Waals surface area (Å²) in [5.74, 6) is 0.585. The lowest BCUT2D eigenvalue weighted by molar-refractivity contribution is 0.430. The number of rotatable bonds is 3. The van der Waals surface area contributed by atoms with Gasteiger partial charge in [-0.25, -0.2) is 0 Å². The van der Waals surface area contributed by atoms with Crippen LogP contribution in [0.25, 0.3) is 39.6 Å². The van der Waals surface area contributed by atoms with Crippen molar-refractivity contribution in [1.82, 2.24) is 24.9 Å². The molecule has 0 aliphatic heterocycles. The number of hydrogen-bond donors (Lipinski definition) is 0. The molecular formula is C22H15N5O2. The van der Waals surface area contributed by atoms with Crippen molar-refractivity contribution in [2.75, 3.05) is 0 Å². The van der Waals surface area contributed by atoms with Crippen molar-refractivity contribution in [1.29, 1.82) is 0 Å². The molecule has 0 unspecified atom stereocenters. The van der Waals surface area contributed by atoms with Crippen molar-refractivity contribution in [2.45, 2.75) is 6.92 Å². The molecule has 140 valence electrons. The van der Waals surface area contributed by atoms with Crippen LogP contribution < -0.4 is 5.56 Å². The van der Waals surface area contributed by atoms with Gasteiger partial charge >= 0.3 is 0 Å². The molecule has 0 atom stereocenters. The SMILES string of the molecule is Cc1ccc(-n2nc(-c3nc(-c4ccccn4)no3)c3ccccc3c2=O)cc1. The molecule has 0 saturated carbocycles. The Kier molecular flexibility index (Phi) is 3.98. The van der Waals surface area contributed by atoms with Gasteiger partial charge in [-0.1, -0.05) is 47.1 Å². The molecule has 3 aromatic heterocycles. The fraction of sp³-hybridized carbons (Fsp3) is 0.0455. The van der Waals surface area contributed by atoms with E-state index in [9.17, 15) is 4.79 Å². The second kappa shape index (κ2) is 6.79. The van der Waals surface area contributed by atoms with Crippen molar-refractivity contribution >= 4 is 10.8 Å². The molecule has 2 aromatic carbocycles. The molecule has 0 spiro atoms. The van der Waals surface area contributed by atoms with Gasteiger partial charge in [0.15, 0.2) is 5.69 Å². The maximum atomic E-state index is 13.0. The Morgan fingerprint density at radius 3 is 2.41 bits per heavy atom. The van der Waals surface area contributed by atoms with Crippen LogP contribution in [0.1, 0.15) is 5.56 Å². The second-order valence-corrected chi connectivity index (χ2v) is 6.58. The monoisotopic (exact) mass is 381 g/mol. The first-order valence-electron chi connectivity index (χ1n) is 9.05. The van der Waals surface area contributed by atoms with Crippen LogP contribution in [0, 0.1) is 6.92 Å². The zero-order valence-corrected chi connectivity index (χ0v) is 15.5. The van der Waals surface area contributed by atoms with Crippen molar-refractivity contribution in [3.63, 3.8) is 0 Å². The predicted octanol–water partition coefficient (Wildman–Crippen LogP) is 3.81. The predicted molar refractivity (Wildman–Crippen MR) is 109 cm³/mol. The van der Waals surface area contributed by atoms with Crippen molar-refractivity contribution in [3.05, 3.63) is 88.8 Å². The summed E-state index contributed by atoms with van der Waals surface area (Å²) in [5, 5.41) is 9.77. The normalized spacial score (nSPS) is 11.1. The number of pyridine rings is 1. The Morgan fingerprint density at radius 1 is 0.897 bits per heavy atom. The highest BCUT2D eigenvalue weighted by Crippen LogP contribution is 2.25. The van der Waals surface area contributed by atoms with Gasteiger partial charge in [0.05, 0.1) is 11.1 Å². The lowest BCUT2D eigenvalue weighted by atomic mass is 10.1. The summed E-state index contributed by atoms with van der Waals surface area (Å²) in [6.07, 6.45) is 1.66. The van der Waals surface area contributed by atoms with Crippen LogP contribution in [0.4, 0.5) is 0 Å². The molecule has 7 nitrogen and oxygen atoms in total. The molecule has 0 aliphatic rings. The fourth-order valence-electron chi connectivity index (χ4n) is 3.13. The Labute approximate surface area is 165 Å². The van der Waals surface area contributed by atoms with E-state index in [0.717, 1.165) is 5.56 Å². The highest BCUT2D eigenvalue weighted by molar-refractivity contribution is 5.92. The number of benzene rings is 2. The van der Waals surface area contributed by atoms with Gasteiger partial charge in [-0.15, -0.1) is 0 Å². The van der Waals surface area contributed by atoms with Gasteiger partial charge in [0.25, 0.3) is 11.4 Å². The summed E-state index contributed by atoms with van der Waals surface area (Å²) in [5.41, 5.74) is 2.59. The van der Waals surface area contributed by atoms with Gasteiger partial charge in [-0.2, -0.15) is 14.8 Å². The fourth-order valence-corrected chi connectivity index (χ4v) is 3.13. The average Bonchev–Trinajstić information content (AvgIpc) is 3.26. The quantitative estimate of drug-likeness (QED) is 0.472. The maximum absolute atomic E-state index is 13.0. The van der Waals surface area contributed by atoms with Crippen LogP contribution in [-0.2, 0) is 0 Å². The van der Waals surface area contributed by atoms with Crippen molar-refractivity contribution in [3.8, 4) is 28.8 Å². The third-order valence-electron chi connectivity index (χ3n) is 4.61. The van der Waals surface area contributed by atoms with E-state index in [-0.39, 0.29) is 11.4 Å². The molecule has 0 aliphatic carbocycles. The van der Waals surface area contributed by atoms with Crippen LogP contribution in [0.2, 0.25) is 0 Å². The van der Waals surface area contributed by atoms with Crippen LogP contribution in [-0.4, -0.2) is 24.9 Å². The Hall–Kier alpha value is -4.13. The second-order valence-electron chi connectivity index (χ2n) is 6.58. The first-order chi connectivity index (χ1) is 14.2. The minimum atomic E-state index is -0.210. The zero-order chi connectivity index (χ0) is 19.8. The molecule has 0 fully saturated rings. The van der Waals surface area contributed by atoms with Gasteiger partial charge in [0.1, 0.15) is 5.69 Å². The third-order valence-corrected chi connectivity index (χ3v) is 4.61. The summed E-state index contributed by atoms with van der Waals surface area (Å²) in [4.78, 5) is 21.8. The minimum Gasteiger partial charge on any atom is -0.332 e. The number of aryl methyl sites for hydroxylation is 1. The van der Waals surface area contributed by atoms with Crippen molar-refractivity contribution in [2.24, 2.45) is 0 Å². The molecule has 3 heterocycles. The molecule has 7 heteroatoms. The van der Waals surface area contributed by atoms with E-state index in [0.29, 0.717) is 33.7 Å². The molecule has 0 radical (unpaired) electrons.